The lowest BCUT2D eigenvalue weighted by molar-refractivity contribution is -0.141. The molecule has 0 saturated heterocycles. The molecule has 0 aliphatic carbocycles. The second-order valence-electron chi connectivity index (χ2n) is 6.43. The normalized spacial score (nSPS) is 12.3. The van der Waals surface area contributed by atoms with Gasteiger partial charge in [0, 0.05) is 5.41 Å². The van der Waals surface area contributed by atoms with Crippen molar-refractivity contribution in [2.45, 2.75) is 32.2 Å². The second kappa shape index (κ2) is 7.83. The zero-order valence-electron chi connectivity index (χ0n) is 14.7. The Morgan fingerprint density at radius 3 is 2.16 bits per heavy atom. The first-order valence-corrected chi connectivity index (χ1v) is 8.11. The minimum Gasteiger partial charge on any atom is -0.484 e. The van der Waals surface area contributed by atoms with E-state index in [-0.39, 0.29) is 12.0 Å². The van der Waals surface area contributed by atoms with Gasteiger partial charge in [0.05, 0.1) is 0 Å². The number of benzene rings is 2. The lowest BCUT2D eigenvalue weighted by Gasteiger charge is -2.26. The van der Waals surface area contributed by atoms with Crippen molar-refractivity contribution in [2.75, 3.05) is 6.61 Å². The third kappa shape index (κ3) is 4.83. The van der Waals surface area contributed by atoms with Gasteiger partial charge in [0.25, 0.3) is 5.91 Å². The highest BCUT2D eigenvalue weighted by atomic mass is 16.5. The third-order valence-electron chi connectivity index (χ3n) is 4.19. The van der Waals surface area contributed by atoms with Crippen LogP contribution in [0.2, 0.25) is 0 Å². The van der Waals surface area contributed by atoms with Crippen LogP contribution in [-0.4, -0.2) is 29.6 Å². The molecule has 0 fully saturated rings. The molecule has 2 rings (SSSR count). The van der Waals surface area contributed by atoms with Crippen molar-refractivity contribution in [3.05, 3.63) is 65.7 Å². The highest BCUT2D eigenvalue weighted by Gasteiger charge is 2.22. The molecule has 2 aromatic carbocycles. The van der Waals surface area contributed by atoms with E-state index in [0.717, 1.165) is 5.56 Å². The van der Waals surface area contributed by atoms with Gasteiger partial charge in [0.1, 0.15) is 11.8 Å². The van der Waals surface area contributed by atoms with Gasteiger partial charge in [-0.2, -0.15) is 0 Å². The fourth-order valence-corrected chi connectivity index (χ4v) is 2.48. The van der Waals surface area contributed by atoms with Crippen LogP contribution in [0.15, 0.2) is 54.6 Å². The van der Waals surface area contributed by atoms with Gasteiger partial charge < -0.3 is 15.2 Å². The smallest absolute Gasteiger partial charge is 0.325 e. The number of carboxylic acid groups (broad SMARTS) is 1. The number of carbonyl (C=O) groups is 2. The van der Waals surface area contributed by atoms with E-state index in [1.807, 2.05) is 42.5 Å². The summed E-state index contributed by atoms with van der Waals surface area (Å²) in [5, 5.41) is 11.1. The Labute approximate surface area is 147 Å². The summed E-state index contributed by atoms with van der Waals surface area (Å²) in [5.41, 5.74) is 2.20. The van der Waals surface area contributed by atoms with Crippen LogP contribution in [0.5, 0.6) is 5.75 Å². The van der Waals surface area contributed by atoms with Gasteiger partial charge in [0.15, 0.2) is 6.61 Å². The van der Waals surface area contributed by atoms with Crippen molar-refractivity contribution in [3.8, 4) is 5.75 Å². The van der Waals surface area contributed by atoms with Crippen LogP contribution in [-0.2, 0) is 15.0 Å². The average molecular weight is 341 g/mol. The van der Waals surface area contributed by atoms with Crippen LogP contribution in [0.3, 0.4) is 0 Å². The Kier molecular flexibility index (Phi) is 5.80. The van der Waals surface area contributed by atoms with Crippen LogP contribution in [0.4, 0.5) is 0 Å². The molecule has 2 aromatic rings. The van der Waals surface area contributed by atoms with Crippen LogP contribution >= 0.6 is 0 Å². The van der Waals surface area contributed by atoms with Crippen molar-refractivity contribution in [2.24, 2.45) is 0 Å². The molecule has 0 radical (unpaired) electrons. The summed E-state index contributed by atoms with van der Waals surface area (Å²) in [5.74, 6) is -0.991. The minimum absolute atomic E-state index is 0.145. The first-order chi connectivity index (χ1) is 11.8. The molecule has 0 aromatic heterocycles. The molecule has 5 nitrogen and oxygen atoms in total. The molecule has 25 heavy (non-hydrogen) atoms. The van der Waals surface area contributed by atoms with Crippen LogP contribution in [0.25, 0.3) is 0 Å². The number of carbonyl (C=O) groups excluding carboxylic acids is 1. The van der Waals surface area contributed by atoms with Gasteiger partial charge in [-0.25, -0.2) is 0 Å². The zero-order chi connectivity index (χ0) is 18.4. The monoisotopic (exact) mass is 341 g/mol. The van der Waals surface area contributed by atoms with E-state index >= 15 is 0 Å². The molecular weight excluding hydrogens is 318 g/mol. The van der Waals surface area contributed by atoms with Gasteiger partial charge >= 0.3 is 5.97 Å². The zero-order valence-corrected chi connectivity index (χ0v) is 14.7. The summed E-state index contributed by atoms with van der Waals surface area (Å²) in [6.45, 7) is 5.48. The first-order valence-electron chi connectivity index (χ1n) is 8.11. The highest BCUT2D eigenvalue weighted by Crippen LogP contribution is 2.32. The van der Waals surface area contributed by atoms with E-state index < -0.39 is 17.9 Å². The largest absolute Gasteiger partial charge is 0.484 e. The molecule has 1 amide bonds. The first kappa shape index (κ1) is 18.5. The number of rotatable bonds is 7. The molecule has 132 valence electrons. The van der Waals surface area contributed by atoms with Gasteiger partial charge in [-0.05, 0) is 30.2 Å². The molecule has 0 aliphatic rings. The molecule has 2 N–H and O–H groups in total. The van der Waals surface area contributed by atoms with E-state index in [9.17, 15) is 9.59 Å². The van der Waals surface area contributed by atoms with E-state index in [4.69, 9.17) is 9.84 Å². The van der Waals surface area contributed by atoms with E-state index in [0.29, 0.717) is 5.75 Å². The predicted molar refractivity (Wildman–Crippen MR) is 95.7 cm³/mol. The SMILES string of the molecule is C[C@@H](NC(=O)COc1ccc(C(C)(C)c2ccccc2)cc1)C(=O)O. The Morgan fingerprint density at radius 1 is 1.04 bits per heavy atom. The van der Waals surface area contributed by atoms with Gasteiger partial charge in [-0.1, -0.05) is 56.3 Å². The summed E-state index contributed by atoms with van der Waals surface area (Å²) in [7, 11) is 0. The molecule has 0 spiro atoms. The maximum atomic E-state index is 11.6. The Bertz CT molecular complexity index is 723. The second-order valence-corrected chi connectivity index (χ2v) is 6.43. The summed E-state index contributed by atoms with van der Waals surface area (Å²) in [4.78, 5) is 22.3. The summed E-state index contributed by atoms with van der Waals surface area (Å²) >= 11 is 0. The molecule has 0 aliphatic heterocycles. The molecule has 1 atom stereocenters. The van der Waals surface area contributed by atoms with E-state index in [2.05, 4.69) is 31.3 Å². The number of hydrogen-bond donors (Lipinski definition) is 2. The fourth-order valence-electron chi connectivity index (χ4n) is 2.48. The highest BCUT2D eigenvalue weighted by molar-refractivity contribution is 5.84. The van der Waals surface area contributed by atoms with Crippen molar-refractivity contribution in [1.29, 1.82) is 0 Å². The third-order valence-corrected chi connectivity index (χ3v) is 4.19. The van der Waals surface area contributed by atoms with Crippen LogP contribution in [0.1, 0.15) is 31.9 Å². The van der Waals surface area contributed by atoms with Gasteiger partial charge in [-0.3, -0.25) is 9.59 Å². The Balaban J connectivity index is 1.98. The van der Waals surface area contributed by atoms with Crippen LogP contribution in [0, 0.1) is 0 Å². The number of nitrogens with one attached hydrogen (secondary N) is 1. The number of ether oxygens (including phenoxy) is 1. The number of amides is 1. The predicted octanol–water partition coefficient (Wildman–Crippen LogP) is 2.98. The Morgan fingerprint density at radius 2 is 1.60 bits per heavy atom. The molecule has 0 saturated carbocycles. The quantitative estimate of drug-likeness (QED) is 0.812. The average Bonchev–Trinajstić information content (AvgIpc) is 2.61. The standard InChI is InChI=1S/C20H23NO4/c1-14(19(23)24)21-18(22)13-25-17-11-9-16(10-12-17)20(2,3)15-7-5-4-6-8-15/h4-12,14H,13H2,1-3H3,(H,21,22)(H,23,24)/t14-/m1/s1. The molecule has 5 heteroatoms. The topological polar surface area (TPSA) is 75.6 Å². The van der Waals surface area contributed by atoms with Gasteiger partial charge in [0.2, 0.25) is 0 Å². The van der Waals surface area contributed by atoms with Crippen molar-refractivity contribution in [3.63, 3.8) is 0 Å². The summed E-state index contributed by atoms with van der Waals surface area (Å²) in [6.07, 6.45) is 0. The van der Waals surface area contributed by atoms with E-state index in [1.165, 1.54) is 12.5 Å². The lowest BCUT2D eigenvalue weighted by atomic mass is 9.78. The lowest BCUT2D eigenvalue weighted by Crippen LogP contribution is -2.40. The summed E-state index contributed by atoms with van der Waals surface area (Å²) < 4.78 is 5.42. The minimum atomic E-state index is -1.08. The maximum absolute atomic E-state index is 11.6. The number of hydrogen-bond acceptors (Lipinski definition) is 3. The van der Waals surface area contributed by atoms with Crippen molar-refractivity contribution < 1.29 is 19.4 Å². The number of aliphatic carboxylic acids is 1. The van der Waals surface area contributed by atoms with Crippen LogP contribution < -0.4 is 10.1 Å². The summed E-state index contributed by atoms with van der Waals surface area (Å²) in [6, 6.07) is 16.9. The van der Waals surface area contributed by atoms with Crippen molar-refractivity contribution in [1.82, 2.24) is 5.32 Å². The van der Waals surface area contributed by atoms with Gasteiger partial charge in [-0.15, -0.1) is 0 Å². The Hall–Kier alpha value is -2.82. The molecular formula is C20H23NO4. The van der Waals surface area contributed by atoms with E-state index in [1.54, 1.807) is 0 Å². The molecule has 0 unspecified atom stereocenters. The molecule has 0 bridgehead atoms. The van der Waals surface area contributed by atoms with Crippen molar-refractivity contribution >= 4 is 11.9 Å². The fraction of sp³-hybridized carbons (Fsp3) is 0.300. The number of carboxylic acids is 1. The molecule has 0 heterocycles. The maximum Gasteiger partial charge on any atom is 0.325 e.